The molecule has 0 spiro atoms. The summed E-state index contributed by atoms with van der Waals surface area (Å²) < 4.78 is 19.9. The van der Waals surface area contributed by atoms with Gasteiger partial charge in [0.05, 0.1) is 7.11 Å². The maximum Gasteiger partial charge on any atom is 0.305 e. The summed E-state index contributed by atoms with van der Waals surface area (Å²) in [6.45, 7) is 0. The Morgan fingerprint density at radius 1 is 1.00 bits per heavy atom. The van der Waals surface area contributed by atoms with Gasteiger partial charge in [-0.25, -0.2) is 0 Å². The molecule has 0 aromatic carbocycles. The zero-order valence-electron chi connectivity index (χ0n) is 9.87. The molecular weight excluding hydrogens is 200 g/mol. The Morgan fingerprint density at radius 2 is 1.53 bits per heavy atom. The van der Waals surface area contributed by atoms with Crippen molar-refractivity contribution in [1.82, 2.24) is 0 Å². The van der Waals surface area contributed by atoms with E-state index in [4.69, 9.17) is 14.2 Å². The highest BCUT2D eigenvalue weighted by Gasteiger charge is 2.28. The lowest BCUT2D eigenvalue weighted by molar-refractivity contribution is -0.355. The third-order valence-corrected chi connectivity index (χ3v) is 2.27. The van der Waals surface area contributed by atoms with Crippen LogP contribution in [0.5, 0.6) is 0 Å². The predicted molar refractivity (Wildman–Crippen MR) is 54.2 cm³/mol. The maximum atomic E-state index is 10.8. The number of unbranched alkanes of at least 4 members (excludes halogenated alkanes) is 1. The third kappa shape index (κ3) is 5.11. The van der Waals surface area contributed by atoms with Gasteiger partial charge in [-0.05, 0) is 12.8 Å². The van der Waals surface area contributed by atoms with E-state index in [1.165, 1.54) is 28.4 Å². The van der Waals surface area contributed by atoms with Crippen molar-refractivity contribution in [3.63, 3.8) is 0 Å². The Balaban J connectivity index is 3.76. The Morgan fingerprint density at radius 3 is 1.93 bits per heavy atom. The van der Waals surface area contributed by atoms with Crippen LogP contribution in [0.1, 0.15) is 25.7 Å². The van der Waals surface area contributed by atoms with E-state index in [1.54, 1.807) is 0 Å². The smallest absolute Gasteiger partial charge is 0.305 e. The highest BCUT2D eigenvalue weighted by Crippen LogP contribution is 2.20. The summed E-state index contributed by atoms with van der Waals surface area (Å²) in [5.41, 5.74) is 0. The van der Waals surface area contributed by atoms with Crippen LogP contribution in [0.4, 0.5) is 0 Å². The molecule has 0 aliphatic carbocycles. The number of methoxy groups -OCH3 is 4. The van der Waals surface area contributed by atoms with Crippen LogP contribution in [0.15, 0.2) is 0 Å². The van der Waals surface area contributed by atoms with Gasteiger partial charge < -0.3 is 18.9 Å². The lowest BCUT2D eigenvalue weighted by Crippen LogP contribution is -2.35. The highest BCUT2D eigenvalue weighted by atomic mass is 16.9. The van der Waals surface area contributed by atoms with Crippen molar-refractivity contribution in [2.45, 2.75) is 31.7 Å². The van der Waals surface area contributed by atoms with E-state index in [1.807, 2.05) is 0 Å². The molecule has 5 nitrogen and oxygen atoms in total. The molecule has 0 fully saturated rings. The Labute approximate surface area is 90.6 Å². The molecule has 0 unspecified atom stereocenters. The van der Waals surface area contributed by atoms with Crippen molar-refractivity contribution in [1.29, 1.82) is 0 Å². The minimum Gasteiger partial charge on any atom is -0.469 e. The van der Waals surface area contributed by atoms with E-state index in [9.17, 15) is 4.79 Å². The third-order valence-electron chi connectivity index (χ3n) is 2.27. The maximum absolute atomic E-state index is 10.8. The molecule has 15 heavy (non-hydrogen) atoms. The molecule has 0 saturated carbocycles. The molecule has 0 radical (unpaired) electrons. The Bertz CT molecular complexity index is 168. The van der Waals surface area contributed by atoms with Gasteiger partial charge in [0.2, 0.25) is 0 Å². The van der Waals surface area contributed by atoms with Crippen LogP contribution in [0.2, 0.25) is 0 Å². The molecule has 0 bridgehead atoms. The number of carbonyl (C=O) groups excluding carboxylic acids is 1. The molecule has 0 aromatic rings. The summed E-state index contributed by atoms with van der Waals surface area (Å²) in [4.78, 5) is 10.8. The van der Waals surface area contributed by atoms with Crippen molar-refractivity contribution in [3.05, 3.63) is 0 Å². The van der Waals surface area contributed by atoms with E-state index in [-0.39, 0.29) is 5.97 Å². The first-order valence-corrected chi connectivity index (χ1v) is 4.86. The number of esters is 1. The minimum absolute atomic E-state index is 0.201. The summed E-state index contributed by atoms with van der Waals surface area (Å²) >= 11 is 0. The molecule has 0 aliphatic heterocycles. The van der Waals surface area contributed by atoms with Gasteiger partial charge in [-0.2, -0.15) is 0 Å². The summed E-state index contributed by atoms with van der Waals surface area (Å²) in [6.07, 6.45) is 2.48. The van der Waals surface area contributed by atoms with Gasteiger partial charge in [-0.3, -0.25) is 4.79 Å². The molecule has 0 heterocycles. The topological polar surface area (TPSA) is 54.0 Å². The zero-order chi connectivity index (χ0) is 11.7. The lowest BCUT2D eigenvalue weighted by atomic mass is 10.1. The van der Waals surface area contributed by atoms with Gasteiger partial charge in [0.15, 0.2) is 0 Å². The standard InChI is InChI=1S/C10H20O5/c1-12-9(11)7-5-6-8-10(13-2,14-3)15-4/h5-8H2,1-4H3. The summed E-state index contributed by atoms with van der Waals surface area (Å²) in [7, 11) is 5.94. The molecule has 0 N–H and O–H groups in total. The Hall–Kier alpha value is -0.650. The van der Waals surface area contributed by atoms with Crippen molar-refractivity contribution < 1.29 is 23.7 Å². The van der Waals surface area contributed by atoms with Gasteiger partial charge in [-0.15, -0.1) is 0 Å². The largest absolute Gasteiger partial charge is 0.469 e. The average molecular weight is 220 g/mol. The molecule has 0 saturated heterocycles. The molecule has 0 atom stereocenters. The number of hydrogen-bond acceptors (Lipinski definition) is 5. The van der Waals surface area contributed by atoms with Crippen molar-refractivity contribution in [3.8, 4) is 0 Å². The molecule has 90 valence electrons. The second kappa shape index (κ2) is 7.62. The first-order valence-electron chi connectivity index (χ1n) is 4.86. The predicted octanol–water partition coefficient (Wildman–Crippen LogP) is 1.31. The quantitative estimate of drug-likeness (QED) is 0.351. The monoisotopic (exact) mass is 220 g/mol. The van der Waals surface area contributed by atoms with Crippen molar-refractivity contribution in [2.75, 3.05) is 28.4 Å². The molecule has 0 rings (SSSR count). The molecule has 0 aromatic heterocycles. The number of ether oxygens (including phenoxy) is 4. The normalized spacial score (nSPS) is 11.5. The molecular formula is C10H20O5. The SMILES string of the molecule is COC(=O)CCCCC(OC)(OC)OC. The average Bonchev–Trinajstić information content (AvgIpc) is 2.30. The van der Waals surface area contributed by atoms with E-state index < -0.39 is 5.97 Å². The van der Waals surface area contributed by atoms with Gasteiger partial charge >= 0.3 is 5.97 Å². The summed E-state index contributed by atoms with van der Waals surface area (Å²) in [6, 6.07) is 0. The van der Waals surface area contributed by atoms with Crippen LogP contribution in [0.25, 0.3) is 0 Å². The van der Waals surface area contributed by atoms with Crippen molar-refractivity contribution in [2.24, 2.45) is 0 Å². The lowest BCUT2D eigenvalue weighted by Gasteiger charge is -2.28. The molecule has 5 heteroatoms. The van der Waals surface area contributed by atoms with Gasteiger partial charge in [0.1, 0.15) is 0 Å². The fourth-order valence-electron chi connectivity index (χ4n) is 1.27. The van der Waals surface area contributed by atoms with E-state index in [2.05, 4.69) is 4.74 Å². The van der Waals surface area contributed by atoms with E-state index in [0.29, 0.717) is 12.8 Å². The van der Waals surface area contributed by atoms with Crippen LogP contribution in [-0.4, -0.2) is 40.4 Å². The van der Waals surface area contributed by atoms with E-state index in [0.717, 1.165) is 12.8 Å². The zero-order valence-corrected chi connectivity index (χ0v) is 9.87. The number of carbonyl (C=O) groups is 1. The van der Waals surface area contributed by atoms with Gasteiger partial charge in [0, 0.05) is 34.2 Å². The molecule has 0 aliphatic rings. The number of hydrogen-bond donors (Lipinski definition) is 0. The fourth-order valence-corrected chi connectivity index (χ4v) is 1.27. The summed E-state index contributed by atoms with van der Waals surface area (Å²) in [5, 5.41) is 0. The first kappa shape index (κ1) is 14.3. The van der Waals surface area contributed by atoms with Gasteiger partial charge in [0.25, 0.3) is 5.97 Å². The Kier molecular flexibility index (Phi) is 7.29. The van der Waals surface area contributed by atoms with Crippen LogP contribution in [-0.2, 0) is 23.7 Å². The minimum atomic E-state index is -0.990. The van der Waals surface area contributed by atoms with Crippen molar-refractivity contribution >= 4 is 5.97 Å². The van der Waals surface area contributed by atoms with Gasteiger partial charge in [-0.1, -0.05) is 0 Å². The van der Waals surface area contributed by atoms with Crippen LogP contribution in [0, 0.1) is 0 Å². The van der Waals surface area contributed by atoms with Crippen LogP contribution in [0.3, 0.4) is 0 Å². The summed E-state index contributed by atoms with van der Waals surface area (Å²) in [5.74, 6) is -1.19. The van der Waals surface area contributed by atoms with Crippen LogP contribution < -0.4 is 0 Å². The first-order chi connectivity index (χ1) is 7.14. The van der Waals surface area contributed by atoms with E-state index >= 15 is 0 Å². The van der Waals surface area contributed by atoms with Crippen LogP contribution >= 0.6 is 0 Å². The highest BCUT2D eigenvalue weighted by molar-refractivity contribution is 5.68. The fraction of sp³-hybridized carbons (Fsp3) is 0.900. The number of rotatable bonds is 8. The second-order valence-corrected chi connectivity index (χ2v) is 3.08. The second-order valence-electron chi connectivity index (χ2n) is 3.08. The molecule has 0 amide bonds.